The molecule has 1 unspecified atom stereocenters. The monoisotopic (exact) mass is 139 g/mol. The summed E-state index contributed by atoms with van der Waals surface area (Å²) in [5.41, 5.74) is 5.64. The summed E-state index contributed by atoms with van der Waals surface area (Å²) in [6, 6.07) is 0. The van der Waals surface area contributed by atoms with Crippen molar-refractivity contribution < 1.29 is 0 Å². The highest BCUT2D eigenvalue weighted by atomic mass is 15.3. The molecule has 3 heteroatoms. The fraction of sp³-hybridized carbons (Fsp3) is 0.571. The molecule has 0 aromatic heterocycles. The molecule has 56 valence electrons. The molecule has 1 rings (SSSR count). The molecule has 3 nitrogen and oxygen atoms in total. The molecular weight excluding hydrogens is 126 g/mol. The highest BCUT2D eigenvalue weighted by Gasteiger charge is 2.07. The van der Waals surface area contributed by atoms with Gasteiger partial charge in [0.1, 0.15) is 0 Å². The first-order valence-electron chi connectivity index (χ1n) is 3.56. The predicted molar refractivity (Wildman–Crippen MR) is 42.6 cm³/mol. The zero-order chi connectivity index (χ0) is 7.40. The van der Waals surface area contributed by atoms with Crippen LogP contribution < -0.4 is 5.73 Å². The van der Waals surface area contributed by atoms with Crippen LogP contribution in [-0.2, 0) is 0 Å². The smallest absolute Gasteiger partial charge is 0.173 e. The summed E-state index contributed by atoms with van der Waals surface area (Å²) in [6.45, 7) is 3.11. The molecule has 1 atom stereocenters. The molecule has 0 spiro atoms. The zero-order valence-corrected chi connectivity index (χ0v) is 6.20. The van der Waals surface area contributed by atoms with E-state index in [0.29, 0.717) is 0 Å². The summed E-state index contributed by atoms with van der Waals surface area (Å²) in [4.78, 5) is 6.04. The van der Waals surface area contributed by atoms with Gasteiger partial charge in [-0.3, -0.25) is 10.7 Å². The maximum atomic E-state index is 5.64. The summed E-state index contributed by atoms with van der Waals surface area (Å²) in [5, 5.41) is 0. The Balaban J connectivity index is 2.44. The number of allylic oxidation sites excluding steroid dienone is 1. The third-order valence-electron chi connectivity index (χ3n) is 1.42. The third-order valence-corrected chi connectivity index (χ3v) is 1.42. The normalized spacial score (nSPS) is 23.8. The largest absolute Gasteiger partial charge is 0.344 e. The second kappa shape index (κ2) is 3.37. The molecule has 0 amide bonds. The number of hydrogen-bond donors (Lipinski definition) is 1. The van der Waals surface area contributed by atoms with E-state index in [0.717, 1.165) is 13.0 Å². The van der Waals surface area contributed by atoms with Crippen molar-refractivity contribution in [1.29, 1.82) is 0 Å². The molecule has 0 saturated heterocycles. The first-order chi connectivity index (χ1) is 4.84. The molecule has 0 bridgehead atoms. The number of hydrogen-bond acceptors (Lipinski definition) is 3. The van der Waals surface area contributed by atoms with Gasteiger partial charge in [-0.25, -0.2) is 0 Å². The van der Waals surface area contributed by atoms with Gasteiger partial charge in [0, 0.05) is 19.0 Å². The fourth-order valence-electron chi connectivity index (χ4n) is 0.926. The topological polar surface area (TPSA) is 41.6 Å². The first-order valence-corrected chi connectivity index (χ1v) is 3.56. The van der Waals surface area contributed by atoms with Crippen LogP contribution in [0.4, 0.5) is 0 Å². The third kappa shape index (κ3) is 1.57. The van der Waals surface area contributed by atoms with E-state index in [9.17, 15) is 0 Å². The van der Waals surface area contributed by atoms with Crippen molar-refractivity contribution >= 4 is 6.21 Å². The van der Waals surface area contributed by atoms with Crippen LogP contribution >= 0.6 is 0 Å². The van der Waals surface area contributed by atoms with Gasteiger partial charge in [0.2, 0.25) is 0 Å². The van der Waals surface area contributed by atoms with E-state index in [1.165, 1.54) is 0 Å². The fourth-order valence-corrected chi connectivity index (χ4v) is 0.926. The van der Waals surface area contributed by atoms with Crippen LogP contribution in [-0.4, -0.2) is 23.9 Å². The van der Waals surface area contributed by atoms with Crippen LogP contribution in [0, 0.1) is 0 Å². The van der Waals surface area contributed by atoms with Crippen molar-refractivity contribution in [2.75, 3.05) is 6.54 Å². The Morgan fingerprint density at radius 2 is 2.50 bits per heavy atom. The van der Waals surface area contributed by atoms with Crippen LogP contribution in [0.1, 0.15) is 13.3 Å². The average molecular weight is 139 g/mol. The average Bonchev–Trinajstić information content (AvgIpc) is 1.94. The van der Waals surface area contributed by atoms with Crippen LogP contribution in [0.25, 0.3) is 0 Å². The lowest BCUT2D eigenvalue weighted by molar-refractivity contribution is 0.287. The predicted octanol–water partition coefficient (Wildman–Crippen LogP) is 0.539. The number of nitrogens with two attached hydrogens (primary N) is 1. The van der Waals surface area contributed by atoms with Crippen molar-refractivity contribution in [2.24, 2.45) is 10.7 Å². The molecule has 1 aliphatic heterocycles. The van der Waals surface area contributed by atoms with Gasteiger partial charge in [-0.2, -0.15) is 0 Å². The molecule has 0 aromatic rings. The minimum atomic E-state index is -0.162. The molecule has 0 aliphatic carbocycles. The van der Waals surface area contributed by atoms with E-state index in [1.54, 1.807) is 6.21 Å². The Kier molecular flexibility index (Phi) is 2.45. The Hall–Kier alpha value is -0.830. The van der Waals surface area contributed by atoms with E-state index in [-0.39, 0.29) is 6.29 Å². The van der Waals surface area contributed by atoms with E-state index in [1.807, 2.05) is 17.2 Å². The van der Waals surface area contributed by atoms with E-state index in [2.05, 4.69) is 11.9 Å². The second-order valence-electron chi connectivity index (χ2n) is 2.29. The van der Waals surface area contributed by atoms with Gasteiger partial charge in [0.15, 0.2) is 6.29 Å². The highest BCUT2D eigenvalue weighted by molar-refractivity contribution is 5.71. The van der Waals surface area contributed by atoms with Crippen molar-refractivity contribution in [1.82, 2.24) is 4.90 Å². The number of nitrogens with zero attached hydrogens (tertiary/aromatic N) is 2. The summed E-state index contributed by atoms with van der Waals surface area (Å²) in [7, 11) is 0. The molecular formula is C7H13N3. The first kappa shape index (κ1) is 7.28. The van der Waals surface area contributed by atoms with Gasteiger partial charge in [-0.05, 0) is 12.5 Å². The van der Waals surface area contributed by atoms with Crippen molar-refractivity contribution in [3.8, 4) is 0 Å². The van der Waals surface area contributed by atoms with Gasteiger partial charge in [-0.1, -0.05) is 6.92 Å². The standard InChI is InChI=1S/C7H13N3/c1-2-5-10-6-3-4-9-7(10)8/h3-4,6-7H,2,5,8H2,1H3. The molecule has 1 aliphatic rings. The van der Waals surface area contributed by atoms with E-state index < -0.39 is 0 Å². The maximum Gasteiger partial charge on any atom is 0.173 e. The lowest BCUT2D eigenvalue weighted by Gasteiger charge is -2.25. The molecule has 0 aromatic carbocycles. The molecule has 10 heavy (non-hydrogen) atoms. The van der Waals surface area contributed by atoms with Gasteiger partial charge >= 0.3 is 0 Å². The SMILES string of the molecule is CCCN1C=CC=NC1N. The minimum absolute atomic E-state index is 0.162. The molecule has 1 heterocycles. The zero-order valence-electron chi connectivity index (χ0n) is 6.20. The summed E-state index contributed by atoms with van der Waals surface area (Å²) in [6.07, 6.45) is 6.55. The molecule has 2 N–H and O–H groups in total. The van der Waals surface area contributed by atoms with Crippen molar-refractivity contribution in [2.45, 2.75) is 19.6 Å². The number of aliphatic imine (C=N–C) groups is 1. The van der Waals surface area contributed by atoms with Crippen molar-refractivity contribution in [3.63, 3.8) is 0 Å². The molecule has 0 fully saturated rings. The van der Waals surface area contributed by atoms with Crippen LogP contribution in [0.5, 0.6) is 0 Å². The van der Waals surface area contributed by atoms with Gasteiger partial charge in [-0.15, -0.1) is 0 Å². The summed E-state index contributed by atoms with van der Waals surface area (Å²) < 4.78 is 0. The summed E-state index contributed by atoms with van der Waals surface area (Å²) >= 11 is 0. The maximum absolute atomic E-state index is 5.64. The Morgan fingerprint density at radius 1 is 1.70 bits per heavy atom. The van der Waals surface area contributed by atoms with Gasteiger partial charge in [0.25, 0.3) is 0 Å². The highest BCUT2D eigenvalue weighted by Crippen LogP contribution is 2.00. The van der Waals surface area contributed by atoms with E-state index >= 15 is 0 Å². The Bertz CT molecular complexity index is 151. The van der Waals surface area contributed by atoms with Crippen LogP contribution in [0.2, 0.25) is 0 Å². The number of rotatable bonds is 2. The molecule has 0 saturated carbocycles. The quantitative estimate of drug-likeness (QED) is 0.606. The lowest BCUT2D eigenvalue weighted by Crippen LogP contribution is -2.38. The Morgan fingerprint density at radius 3 is 3.10 bits per heavy atom. The lowest BCUT2D eigenvalue weighted by atomic mass is 10.4. The van der Waals surface area contributed by atoms with Crippen molar-refractivity contribution in [3.05, 3.63) is 12.3 Å². The summed E-state index contributed by atoms with van der Waals surface area (Å²) in [5.74, 6) is 0. The second-order valence-corrected chi connectivity index (χ2v) is 2.29. The van der Waals surface area contributed by atoms with Gasteiger partial charge in [0.05, 0.1) is 0 Å². The van der Waals surface area contributed by atoms with E-state index in [4.69, 9.17) is 5.73 Å². The minimum Gasteiger partial charge on any atom is -0.344 e. The van der Waals surface area contributed by atoms with Crippen LogP contribution in [0.15, 0.2) is 17.3 Å². The molecule has 0 radical (unpaired) electrons. The Labute approximate surface area is 61.2 Å². The van der Waals surface area contributed by atoms with Gasteiger partial charge < -0.3 is 4.90 Å². The van der Waals surface area contributed by atoms with Crippen LogP contribution in [0.3, 0.4) is 0 Å².